The lowest BCUT2D eigenvalue weighted by molar-refractivity contribution is -0.134. The molecule has 0 aromatic heterocycles. The third kappa shape index (κ3) is 2.68. The van der Waals surface area contributed by atoms with E-state index in [0.717, 1.165) is 0 Å². The van der Waals surface area contributed by atoms with Gasteiger partial charge in [-0.15, -0.1) is 0 Å². The molecule has 2 N–H and O–H groups in total. The summed E-state index contributed by atoms with van der Waals surface area (Å²) in [6.45, 7) is 1.67. The number of carbonyl (C=O) groups is 1. The highest BCUT2D eigenvalue weighted by molar-refractivity contribution is 7.80. The maximum absolute atomic E-state index is 10.8. The summed E-state index contributed by atoms with van der Waals surface area (Å²) in [5.41, 5.74) is 0. The van der Waals surface area contributed by atoms with Crippen molar-refractivity contribution in [3.05, 3.63) is 0 Å². The molecule has 0 bridgehead atoms. The second kappa shape index (κ2) is 4.71. The Balaban J connectivity index is 3.82. The summed E-state index contributed by atoms with van der Waals surface area (Å²) in [4.78, 5) is 10.8. The molecule has 2 unspecified atom stereocenters. The Hall–Kier alpha value is -0.0600. The summed E-state index contributed by atoms with van der Waals surface area (Å²) in [6.07, 6.45) is -1.83. The SMILES string of the molecule is CCC(O)C(=O)C(O)CS. The van der Waals surface area contributed by atoms with Gasteiger partial charge in [0.15, 0.2) is 5.78 Å². The minimum Gasteiger partial charge on any atom is -0.385 e. The van der Waals surface area contributed by atoms with Gasteiger partial charge in [-0.05, 0) is 6.42 Å². The first-order valence-electron chi connectivity index (χ1n) is 3.14. The Bertz CT molecular complexity index is 104. The molecule has 0 saturated heterocycles. The summed E-state index contributed by atoms with van der Waals surface area (Å²) >= 11 is 3.71. The predicted molar refractivity (Wildman–Crippen MR) is 41.2 cm³/mol. The maximum Gasteiger partial charge on any atom is 0.190 e. The van der Waals surface area contributed by atoms with E-state index in [1.54, 1.807) is 6.92 Å². The number of hydrogen-bond donors (Lipinski definition) is 3. The zero-order valence-electron chi connectivity index (χ0n) is 5.82. The second-order valence-corrected chi connectivity index (χ2v) is 2.39. The van der Waals surface area contributed by atoms with Crippen molar-refractivity contribution in [1.29, 1.82) is 0 Å². The number of rotatable bonds is 4. The monoisotopic (exact) mass is 164 g/mol. The first kappa shape index (κ1) is 9.94. The molecular weight excluding hydrogens is 152 g/mol. The van der Waals surface area contributed by atoms with Crippen molar-refractivity contribution in [1.82, 2.24) is 0 Å². The zero-order chi connectivity index (χ0) is 8.15. The molecule has 0 rings (SSSR count). The van der Waals surface area contributed by atoms with Crippen molar-refractivity contribution in [2.45, 2.75) is 25.6 Å². The molecule has 0 saturated carbocycles. The number of aliphatic hydroxyl groups excluding tert-OH is 2. The van der Waals surface area contributed by atoms with Gasteiger partial charge in [0.2, 0.25) is 0 Å². The van der Waals surface area contributed by atoms with Crippen LogP contribution in [0.1, 0.15) is 13.3 Å². The summed E-state index contributed by atoms with van der Waals surface area (Å²) in [6, 6.07) is 0. The lowest BCUT2D eigenvalue weighted by Gasteiger charge is -2.09. The number of ketones is 1. The average molecular weight is 164 g/mol. The highest BCUT2D eigenvalue weighted by Crippen LogP contribution is 1.98. The van der Waals surface area contributed by atoms with Crippen molar-refractivity contribution < 1.29 is 15.0 Å². The fourth-order valence-electron chi connectivity index (χ4n) is 0.513. The van der Waals surface area contributed by atoms with E-state index in [2.05, 4.69) is 12.6 Å². The molecule has 10 heavy (non-hydrogen) atoms. The smallest absolute Gasteiger partial charge is 0.190 e. The third-order valence-corrected chi connectivity index (χ3v) is 1.56. The number of Topliss-reactive ketones (excluding diaryl/α,β-unsaturated/α-hetero) is 1. The van der Waals surface area contributed by atoms with Crippen LogP contribution in [0.2, 0.25) is 0 Å². The van der Waals surface area contributed by atoms with E-state index in [4.69, 9.17) is 10.2 Å². The van der Waals surface area contributed by atoms with E-state index in [0.29, 0.717) is 6.42 Å². The van der Waals surface area contributed by atoms with Crippen LogP contribution in [0, 0.1) is 0 Å². The predicted octanol–water partition coefficient (Wildman–Crippen LogP) is -0.383. The van der Waals surface area contributed by atoms with Crippen LogP contribution in [-0.4, -0.2) is 34.0 Å². The maximum atomic E-state index is 10.8. The molecule has 0 aromatic rings. The van der Waals surface area contributed by atoms with Gasteiger partial charge in [0.1, 0.15) is 12.2 Å². The molecule has 0 aliphatic rings. The van der Waals surface area contributed by atoms with E-state index >= 15 is 0 Å². The second-order valence-electron chi connectivity index (χ2n) is 2.02. The van der Waals surface area contributed by atoms with Gasteiger partial charge < -0.3 is 10.2 Å². The molecule has 3 nitrogen and oxygen atoms in total. The Kier molecular flexibility index (Phi) is 4.68. The van der Waals surface area contributed by atoms with Gasteiger partial charge in [0.25, 0.3) is 0 Å². The van der Waals surface area contributed by atoms with Crippen molar-refractivity contribution in [2.75, 3.05) is 5.75 Å². The summed E-state index contributed by atoms with van der Waals surface area (Å²) < 4.78 is 0. The summed E-state index contributed by atoms with van der Waals surface area (Å²) in [7, 11) is 0. The standard InChI is InChI=1S/C6H12O3S/c1-2-4(7)6(9)5(8)3-10/h4-5,7-8,10H,2-3H2,1H3. The first-order chi connectivity index (χ1) is 4.63. The van der Waals surface area contributed by atoms with Crippen molar-refractivity contribution >= 4 is 18.4 Å². The zero-order valence-corrected chi connectivity index (χ0v) is 6.71. The van der Waals surface area contributed by atoms with Crippen molar-refractivity contribution in [3.63, 3.8) is 0 Å². The van der Waals surface area contributed by atoms with E-state index < -0.39 is 18.0 Å². The van der Waals surface area contributed by atoms with Crippen LogP contribution in [0.5, 0.6) is 0 Å². The minimum absolute atomic E-state index is 0.0654. The molecule has 0 aliphatic heterocycles. The van der Waals surface area contributed by atoms with Gasteiger partial charge in [0.05, 0.1) is 0 Å². The number of hydrogen-bond acceptors (Lipinski definition) is 4. The highest BCUT2D eigenvalue weighted by atomic mass is 32.1. The van der Waals surface area contributed by atoms with Crippen LogP contribution in [-0.2, 0) is 4.79 Å². The molecule has 0 fully saturated rings. The van der Waals surface area contributed by atoms with Gasteiger partial charge >= 0.3 is 0 Å². The molecule has 0 aliphatic carbocycles. The van der Waals surface area contributed by atoms with Crippen LogP contribution in [0.4, 0.5) is 0 Å². The molecular formula is C6H12O3S. The van der Waals surface area contributed by atoms with Gasteiger partial charge in [-0.3, -0.25) is 4.79 Å². The van der Waals surface area contributed by atoms with Gasteiger partial charge in [-0.2, -0.15) is 12.6 Å². The van der Waals surface area contributed by atoms with Crippen molar-refractivity contribution in [3.8, 4) is 0 Å². The minimum atomic E-state index is -1.13. The summed E-state index contributed by atoms with van der Waals surface area (Å²) in [5.74, 6) is -0.479. The third-order valence-electron chi connectivity index (χ3n) is 1.22. The molecule has 0 amide bonds. The van der Waals surface area contributed by atoms with E-state index in [1.807, 2.05) is 0 Å². The number of carbonyl (C=O) groups excluding carboxylic acids is 1. The number of thiol groups is 1. The van der Waals surface area contributed by atoms with Crippen molar-refractivity contribution in [2.24, 2.45) is 0 Å². The molecule has 60 valence electrons. The Labute approximate surface area is 65.5 Å². The lowest BCUT2D eigenvalue weighted by atomic mass is 10.1. The molecule has 0 aromatic carbocycles. The van der Waals surface area contributed by atoms with Gasteiger partial charge in [-0.25, -0.2) is 0 Å². The largest absolute Gasteiger partial charge is 0.385 e. The quantitative estimate of drug-likeness (QED) is 0.496. The fraction of sp³-hybridized carbons (Fsp3) is 0.833. The van der Waals surface area contributed by atoms with E-state index in [1.165, 1.54) is 0 Å². The Morgan fingerprint density at radius 2 is 2.00 bits per heavy atom. The van der Waals surface area contributed by atoms with Crippen LogP contribution >= 0.6 is 12.6 Å². The van der Waals surface area contributed by atoms with E-state index in [-0.39, 0.29) is 5.75 Å². The summed E-state index contributed by atoms with van der Waals surface area (Å²) in [5, 5.41) is 17.7. The van der Waals surface area contributed by atoms with Gasteiger partial charge in [-0.1, -0.05) is 6.92 Å². The topological polar surface area (TPSA) is 57.5 Å². The lowest BCUT2D eigenvalue weighted by Crippen LogP contribution is -2.32. The first-order valence-corrected chi connectivity index (χ1v) is 3.77. The van der Waals surface area contributed by atoms with Crippen LogP contribution in [0.25, 0.3) is 0 Å². The fourth-order valence-corrected chi connectivity index (χ4v) is 0.693. The molecule has 0 radical (unpaired) electrons. The van der Waals surface area contributed by atoms with Crippen LogP contribution in [0.15, 0.2) is 0 Å². The molecule has 0 heterocycles. The normalized spacial score (nSPS) is 16.4. The highest BCUT2D eigenvalue weighted by Gasteiger charge is 2.19. The Morgan fingerprint density at radius 3 is 2.30 bits per heavy atom. The number of aliphatic hydroxyl groups is 2. The van der Waals surface area contributed by atoms with E-state index in [9.17, 15) is 4.79 Å². The molecule has 4 heteroatoms. The van der Waals surface area contributed by atoms with Crippen LogP contribution in [0.3, 0.4) is 0 Å². The van der Waals surface area contributed by atoms with Gasteiger partial charge in [0, 0.05) is 5.75 Å². The molecule has 0 spiro atoms. The molecule has 2 atom stereocenters. The Morgan fingerprint density at radius 1 is 1.50 bits per heavy atom. The average Bonchev–Trinajstić information content (AvgIpc) is 2.00. The van der Waals surface area contributed by atoms with Crippen LogP contribution < -0.4 is 0 Å².